The molecule has 0 saturated heterocycles. The van der Waals surface area contributed by atoms with Gasteiger partial charge in [0.1, 0.15) is 0 Å². The Bertz CT molecular complexity index is 1030. The van der Waals surface area contributed by atoms with Crippen molar-refractivity contribution in [1.29, 1.82) is 0 Å². The molecular weight excluding hydrogens is 358 g/mol. The molecule has 0 radical (unpaired) electrons. The molecule has 2 aromatic carbocycles. The van der Waals surface area contributed by atoms with Crippen molar-refractivity contribution in [2.75, 3.05) is 18.4 Å². The van der Waals surface area contributed by atoms with E-state index < -0.39 is 0 Å². The Kier molecular flexibility index (Phi) is 4.85. The van der Waals surface area contributed by atoms with Gasteiger partial charge in [-0.25, -0.2) is 0 Å². The van der Waals surface area contributed by atoms with Crippen molar-refractivity contribution in [3.63, 3.8) is 0 Å². The second kappa shape index (κ2) is 7.29. The van der Waals surface area contributed by atoms with E-state index in [-0.39, 0.29) is 5.91 Å². The summed E-state index contributed by atoms with van der Waals surface area (Å²) >= 11 is 6.05. The Hall–Kier alpha value is -2.43. The average molecular weight is 380 g/mol. The summed E-state index contributed by atoms with van der Waals surface area (Å²) in [6.07, 6.45) is 0.869. The minimum Gasteiger partial charge on any atom is -0.322 e. The molecule has 4 nitrogen and oxygen atoms in total. The van der Waals surface area contributed by atoms with Crippen LogP contribution in [0.15, 0.2) is 42.5 Å². The number of benzene rings is 2. The van der Waals surface area contributed by atoms with Crippen LogP contribution in [-0.4, -0.2) is 28.9 Å². The lowest BCUT2D eigenvalue weighted by Crippen LogP contribution is -2.33. The van der Waals surface area contributed by atoms with Crippen molar-refractivity contribution in [3.05, 3.63) is 69.9 Å². The molecule has 0 spiro atoms. The zero-order valence-electron chi connectivity index (χ0n) is 15.6. The van der Waals surface area contributed by atoms with E-state index in [9.17, 15) is 4.79 Å². The fourth-order valence-corrected chi connectivity index (χ4v) is 3.95. The Morgan fingerprint density at radius 1 is 1.26 bits per heavy atom. The van der Waals surface area contributed by atoms with Crippen molar-refractivity contribution in [2.45, 2.75) is 26.8 Å². The van der Waals surface area contributed by atoms with Gasteiger partial charge in [0, 0.05) is 46.9 Å². The van der Waals surface area contributed by atoms with E-state index >= 15 is 0 Å². The monoisotopic (exact) mass is 379 g/mol. The molecule has 0 bridgehead atoms. The summed E-state index contributed by atoms with van der Waals surface area (Å²) in [5.74, 6) is -0.0896. The van der Waals surface area contributed by atoms with E-state index in [0.717, 1.165) is 65.0 Å². The lowest BCUT2D eigenvalue weighted by atomic mass is 9.95. The number of nitrogens with zero attached hydrogens (tertiary/aromatic N) is 2. The normalized spacial score (nSPS) is 14.2. The molecule has 0 aliphatic carbocycles. The Morgan fingerprint density at radius 2 is 2.07 bits per heavy atom. The number of aryl methyl sites for hydroxylation is 1. The molecule has 5 heteroatoms. The van der Waals surface area contributed by atoms with Gasteiger partial charge in [0.2, 0.25) is 0 Å². The molecule has 1 N–H and O–H groups in total. The minimum absolute atomic E-state index is 0.0896. The number of anilines is 1. The fraction of sp³-hybridized carbons (Fsp3) is 0.273. The second-order valence-electron chi connectivity index (χ2n) is 6.96. The summed E-state index contributed by atoms with van der Waals surface area (Å²) in [6, 6.07) is 13.4. The van der Waals surface area contributed by atoms with Crippen LogP contribution in [0, 0.1) is 6.92 Å². The van der Waals surface area contributed by atoms with Crippen LogP contribution in [0.3, 0.4) is 0 Å². The maximum atomic E-state index is 13.3. The first-order valence-corrected chi connectivity index (χ1v) is 9.65. The largest absolute Gasteiger partial charge is 0.322 e. The third-order valence-electron chi connectivity index (χ3n) is 5.24. The minimum atomic E-state index is -0.0896. The third-order valence-corrected chi connectivity index (χ3v) is 5.47. The van der Waals surface area contributed by atoms with E-state index in [2.05, 4.69) is 17.1 Å². The number of amides is 1. The average Bonchev–Trinajstić information content (AvgIpc) is 2.67. The summed E-state index contributed by atoms with van der Waals surface area (Å²) in [6.45, 7) is 6.79. The topological polar surface area (TPSA) is 45.2 Å². The number of carbonyl (C=O) groups is 1. The van der Waals surface area contributed by atoms with Gasteiger partial charge in [-0.1, -0.05) is 36.7 Å². The van der Waals surface area contributed by atoms with Crippen molar-refractivity contribution in [1.82, 2.24) is 9.88 Å². The molecule has 0 saturated carbocycles. The molecule has 1 amide bonds. The predicted molar refractivity (Wildman–Crippen MR) is 111 cm³/mol. The third kappa shape index (κ3) is 3.43. The van der Waals surface area contributed by atoms with Crippen molar-refractivity contribution >= 4 is 34.1 Å². The number of likely N-dealkylation sites (N-methyl/N-ethyl adjacent to an activating group) is 1. The van der Waals surface area contributed by atoms with Gasteiger partial charge in [-0.15, -0.1) is 0 Å². The summed E-state index contributed by atoms with van der Waals surface area (Å²) in [4.78, 5) is 20.5. The SMILES string of the molecule is CCN1CCc2nc3ccccc3c(C(=O)Nc3ccc(Cl)cc3C)c2C1. The predicted octanol–water partition coefficient (Wildman–Crippen LogP) is 4.83. The molecule has 138 valence electrons. The van der Waals surface area contributed by atoms with Crippen LogP contribution in [0.1, 0.15) is 34.1 Å². The quantitative estimate of drug-likeness (QED) is 0.709. The van der Waals surface area contributed by atoms with Crippen LogP contribution in [-0.2, 0) is 13.0 Å². The van der Waals surface area contributed by atoms with Crippen LogP contribution in [0.25, 0.3) is 10.9 Å². The van der Waals surface area contributed by atoms with Crippen LogP contribution >= 0.6 is 11.6 Å². The molecule has 4 rings (SSSR count). The van der Waals surface area contributed by atoms with Gasteiger partial charge in [-0.05, 0) is 43.3 Å². The second-order valence-corrected chi connectivity index (χ2v) is 7.40. The molecule has 3 aromatic rings. The first-order valence-electron chi connectivity index (χ1n) is 9.27. The number of pyridine rings is 1. The van der Waals surface area contributed by atoms with Gasteiger partial charge in [-0.2, -0.15) is 0 Å². The highest BCUT2D eigenvalue weighted by molar-refractivity contribution is 6.30. The van der Waals surface area contributed by atoms with E-state index in [1.54, 1.807) is 6.07 Å². The molecule has 0 fully saturated rings. The number of hydrogen-bond donors (Lipinski definition) is 1. The molecule has 0 atom stereocenters. The van der Waals surface area contributed by atoms with Gasteiger partial charge in [0.15, 0.2) is 0 Å². The summed E-state index contributed by atoms with van der Waals surface area (Å²) < 4.78 is 0. The van der Waals surface area contributed by atoms with Crippen LogP contribution in [0.4, 0.5) is 5.69 Å². The number of carbonyl (C=O) groups excluding carboxylic acids is 1. The van der Waals surface area contributed by atoms with Gasteiger partial charge in [0.05, 0.1) is 11.1 Å². The van der Waals surface area contributed by atoms with Crippen LogP contribution < -0.4 is 5.32 Å². The number of aromatic nitrogens is 1. The Labute approximate surface area is 164 Å². The number of fused-ring (bicyclic) bond motifs is 2. The smallest absolute Gasteiger partial charge is 0.256 e. The van der Waals surface area contributed by atoms with E-state index in [1.165, 1.54) is 0 Å². The van der Waals surface area contributed by atoms with E-state index in [1.807, 2.05) is 43.3 Å². The Morgan fingerprint density at radius 3 is 2.85 bits per heavy atom. The summed E-state index contributed by atoms with van der Waals surface area (Å²) in [7, 11) is 0. The number of rotatable bonds is 3. The van der Waals surface area contributed by atoms with Crippen LogP contribution in [0.2, 0.25) is 5.02 Å². The Balaban J connectivity index is 1.82. The number of para-hydroxylation sites is 1. The maximum absolute atomic E-state index is 13.3. The van der Waals surface area contributed by atoms with Crippen LogP contribution in [0.5, 0.6) is 0 Å². The molecule has 27 heavy (non-hydrogen) atoms. The molecule has 1 aliphatic rings. The molecule has 2 heterocycles. The van der Waals surface area contributed by atoms with Crippen molar-refractivity contribution in [3.8, 4) is 0 Å². The zero-order chi connectivity index (χ0) is 19.0. The maximum Gasteiger partial charge on any atom is 0.256 e. The zero-order valence-corrected chi connectivity index (χ0v) is 16.3. The summed E-state index contributed by atoms with van der Waals surface area (Å²) in [5, 5.41) is 4.65. The van der Waals surface area contributed by atoms with Crippen molar-refractivity contribution < 1.29 is 4.79 Å². The molecule has 1 aliphatic heterocycles. The molecule has 1 aromatic heterocycles. The number of nitrogens with one attached hydrogen (secondary N) is 1. The molecule has 0 unspecified atom stereocenters. The van der Waals surface area contributed by atoms with E-state index in [4.69, 9.17) is 16.6 Å². The van der Waals surface area contributed by atoms with Gasteiger partial charge < -0.3 is 5.32 Å². The van der Waals surface area contributed by atoms with Gasteiger partial charge >= 0.3 is 0 Å². The highest BCUT2D eigenvalue weighted by atomic mass is 35.5. The van der Waals surface area contributed by atoms with Gasteiger partial charge in [0.25, 0.3) is 5.91 Å². The highest BCUT2D eigenvalue weighted by Crippen LogP contribution is 2.29. The molecular formula is C22H22ClN3O. The lowest BCUT2D eigenvalue weighted by molar-refractivity contribution is 0.102. The fourth-order valence-electron chi connectivity index (χ4n) is 3.73. The van der Waals surface area contributed by atoms with E-state index in [0.29, 0.717) is 5.02 Å². The highest BCUT2D eigenvalue weighted by Gasteiger charge is 2.25. The first-order chi connectivity index (χ1) is 13.1. The number of hydrogen-bond acceptors (Lipinski definition) is 3. The number of halogens is 1. The van der Waals surface area contributed by atoms with Gasteiger partial charge in [-0.3, -0.25) is 14.7 Å². The first kappa shape index (κ1) is 18.0. The summed E-state index contributed by atoms with van der Waals surface area (Å²) in [5.41, 5.74) is 5.42. The standard InChI is InChI=1S/C22H22ClN3O/c1-3-26-11-10-20-17(13-26)21(16-6-4-5-7-19(16)24-20)22(27)25-18-9-8-15(23)12-14(18)2/h4-9,12H,3,10-11,13H2,1-2H3,(H,25,27). The van der Waals surface area contributed by atoms with Crippen molar-refractivity contribution in [2.24, 2.45) is 0 Å². The lowest BCUT2D eigenvalue weighted by Gasteiger charge is -2.29.